The van der Waals surface area contributed by atoms with E-state index in [4.69, 9.17) is 4.74 Å². The minimum atomic E-state index is 0.0537. The van der Waals surface area contributed by atoms with Crippen molar-refractivity contribution in [2.45, 2.75) is 25.3 Å². The molecule has 2 atom stereocenters. The Morgan fingerprint density at radius 2 is 2.16 bits per heavy atom. The number of piperazine rings is 1. The van der Waals surface area contributed by atoms with Gasteiger partial charge in [-0.25, -0.2) is 0 Å². The summed E-state index contributed by atoms with van der Waals surface area (Å²) in [6.45, 7) is 4.43. The van der Waals surface area contributed by atoms with Crippen LogP contribution in [-0.4, -0.2) is 42.5 Å². The molecule has 2 unspecified atom stereocenters. The average molecular weight is 339 g/mol. The van der Waals surface area contributed by atoms with Crippen molar-refractivity contribution in [3.05, 3.63) is 59.9 Å². The van der Waals surface area contributed by atoms with Crippen molar-refractivity contribution in [2.24, 2.45) is 0 Å². The molecule has 1 aliphatic rings. The number of methoxy groups -OCH3 is 1. The number of benzene rings is 1. The fourth-order valence-corrected chi connectivity index (χ4v) is 3.30. The van der Waals surface area contributed by atoms with Gasteiger partial charge in [0.05, 0.1) is 13.2 Å². The molecule has 2 aromatic rings. The van der Waals surface area contributed by atoms with Crippen molar-refractivity contribution in [1.82, 2.24) is 15.2 Å². The summed E-state index contributed by atoms with van der Waals surface area (Å²) in [6.07, 6.45) is 4.12. The number of ether oxygens (including phenoxy) is 1. The van der Waals surface area contributed by atoms with Crippen LogP contribution in [0.25, 0.3) is 0 Å². The van der Waals surface area contributed by atoms with Gasteiger partial charge in [-0.2, -0.15) is 0 Å². The van der Waals surface area contributed by atoms with E-state index in [-0.39, 0.29) is 17.9 Å². The molecule has 0 spiro atoms. The standard InChI is InChI=1S/C20H25N3O2/c1-15(16-5-7-18(25-2)8-6-16)12-20(24)23-11-10-22-14-19(23)17-4-3-9-21-13-17/h3-9,13,15,19,22H,10-12,14H2,1-2H3. The largest absolute Gasteiger partial charge is 0.497 e. The van der Waals surface area contributed by atoms with Crippen molar-refractivity contribution in [1.29, 1.82) is 0 Å². The van der Waals surface area contributed by atoms with Crippen molar-refractivity contribution in [3.8, 4) is 5.75 Å². The Kier molecular flexibility index (Phi) is 5.66. The monoisotopic (exact) mass is 339 g/mol. The van der Waals surface area contributed by atoms with E-state index in [0.29, 0.717) is 6.42 Å². The zero-order valence-corrected chi connectivity index (χ0v) is 14.8. The highest BCUT2D eigenvalue weighted by atomic mass is 16.5. The number of nitrogens with zero attached hydrogens (tertiary/aromatic N) is 2. The molecule has 3 rings (SSSR count). The lowest BCUT2D eigenvalue weighted by atomic mass is 9.96. The van der Waals surface area contributed by atoms with Crippen molar-refractivity contribution < 1.29 is 9.53 Å². The van der Waals surface area contributed by atoms with E-state index in [1.54, 1.807) is 13.3 Å². The first kappa shape index (κ1) is 17.4. The molecule has 1 fully saturated rings. The van der Waals surface area contributed by atoms with Gasteiger partial charge in [0.1, 0.15) is 5.75 Å². The SMILES string of the molecule is COc1ccc(C(C)CC(=O)N2CCNCC2c2cccnc2)cc1. The summed E-state index contributed by atoms with van der Waals surface area (Å²) < 4.78 is 5.20. The van der Waals surface area contributed by atoms with Crippen molar-refractivity contribution in [3.63, 3.8) is 0 Å². The molecular weight excluding hydrogens is 314 g/mol. The molecule has 0 saturated carbocycles. The molecule has 0 bridgehead atoms. The summed E-state index contributed by atoms with van der Waals surface area (Å²) in [7, 11) is 1.66. The van der Waals surface area contributed by atoms with E-state index < -0.39 is 0 Å². The van der Waals surface area contributed by atoms with Crippen LogP contribution in [0.3, 0.4) is 0 Å². The number of carbonyl (C=O) groups excluding carboxylic acids is 1. The van der Waals surface area contributed by atoms with Gasteiger partial charge in [-0.15, -0.1) is 0 Å². The van der Waals surface area contributed by atoms with Gasteiger partial charge >= 0.3 is 0 Å². The summed E-state index contributed by atoms with van der Waals surface area (Å²) in [5, 5.41) is 3.38. The van der Waals surface area contributed by atoms with E-state index in [1.165, 1.54) is 0 Å². The second kappa shape index (κ2) is 8.12. The molecule has 1 aromatic heterocycles. The van der Waals surface area contributed by atoms with Gasteiger partial charge in [-0.1, -0.05) is 25.1 Å². The highest BCUT2D eigenvalue weighted by Crippen LogP contribution is 2.27. The van der Waals surface area contributed by atoms with Gasteiger partial charge in [0, 0.05) is 38.4 Å². The third kappa shape index (κ3) is 4.17. The molecule has 1 saturated heterocycles. The van der Waals surface area contributed by atoms with E-state index >= 15 is 0 Å². The molecule has 5 heteroatoms. The molecule has 1 aliphatic heterocycles. The van der Waals surface area contributed by atoms with Crippen molar-refractivity contribution >= 4 is 5.91 Å². The number of pyridine rings is 1. The van der Waals surface area contributed by atoms with Gasteiger partial charge in [0.2, 0.25) is 5.91 Å². The highest BCUT2D eigenvalue weighted by Gasteiger charge is 2.28. The number of hydrogen-bond acceptors (Lipinski definition) is 4. The topological polar surface area (TPSA) is 54.5 Å². The first-order valence-corrected chi connectivity index (χ1v) is 8.73. The van der Waals surface area contributed by atoms with Gasteiger partial charge in [0.25, 0.3) is 0 Å². The van der Waals surface area contributed by atoms with Crippen LogP contribution < -0.4 is 10.1 Å². The maximum atomic E-state index is 12.9. The maximum absolute atomic E-state index is 12.9. The van der Waals surface area contributed by atoms with Crippen LogP contribution in [0.5, 0.6) is 5.75 Å². The summed E-state index contributed by atoms with van der Waals surface area (Å²) in [5.74, 6) is 1.20. The highest BCUT2D eigenvalue weighted by molar-refractivity contribution is 5.77. The second-order valence-electron chi connectivity index (χ2n) is 6.47. The molecule has 1 amide bonds. The number of hydrogen-bond donors (Lipinski definition) is 1. The van der Waals surface area contributed by atoms with Crippen LogP contribution in [0.15, 0.2) is 48.8 Å². The third-order valence-corrected chi connectivity index (χ3v) is 4.80. The molecule has 5 nitrogen and oxygen atoms in total. The summed E-state index contributed by atoms with van der Waals surface area (Å²) in [4.78, 5) is 19.1. The zero-order chi connectivity index (χ0) is 17.6. The van der Waals surface area contributed by atoms with Crippen molar-refractivity contribution in [2.75, 3.05) is 26.7 Å². The predicted molar refractivity (Wildman–Crippen MR) is 97.6 cm³/mol. The van der Waals surface area contributed by atoms with Gasteiger partial charge in [0.15, 0.2) is 0 Å². The van der Waals surface area contributed by atoms with Crippen LogP contribution in [0.4, 0.5) is 0 Å². The smallest absolute Gasteiger partial charge is 0.223 e. The lowest BCUT2D eigenvalue weighted by Crippen LogP contribution is -2.48. The van der Waals surface area contributed by atoms with Crippen LogP contribution in [-0.2, 0) is 4.79 Å². The van der Waals surface area contributed by atoms with Crippen LogP contribution in [0, 0.1) is 0 Å². The zero-order valence-electron chi connectivity index (χ0n) is 14.8. The Hall–Kier alpha value is -2.40. The molecule has 132 valence electrons. The van der Waals surface area contributed by atoms with E-state index in [2.05, 4.69) is 17.2 Å². The minimum Gasteiger partial charge on any atom is -0.497 e. The maximum Gasteiger partial charge on any atom is 0.223 e. The lowest BCUT2D eigenvalue weighted by molar-refractivity contribution is -0.134. The number of aromatic nitrogens is 1. The summed E-state index contributed by atoms with van der Waals surface area (Å²) >= 11 is 0. The molecular formula is C20H25N3O2. The van der Waals surface area contributed by atoms with E-state index in [0.717, 1.165) is 36.5 Å². The predicted octanol–water partition coefficient (Wildman–Crippen LogP) is 2.76. The number of nitrogens with one attached hydrogen (secondary N) is 1. The van der Waals surface area contributed by atoms with E-state index in [9.17, 15) is 4.79 Å². The molecule has 1 aromatic carbocycles. The van der Waals surface area contributed by atoms with Crippen LogP contribution in [0.1, 0.15) is 36.4 Å². The molecule has 0 radical (unpaired) electrons. The Morgan fingerprint density at radius 1 is 1.36 bits per heavy atom. The quantitative estimate of drug-likeness (QED) is 0.910. The van der Waals surface area contributed by atoms with E-state index in [1.807, 2.05) is 47.5 Å². The van der Waals surface area contributed by atoms with Crippen LogP contribution >= 0.6 is 0 Å². The van der Waals surface area contributed by atoms with Gasteiger partial charge in [-0.05, 0) is 35.2 Å². The Bertz CT molecular complexity index is 688. The number of rotatable bonds is 5. The molecule has 1 N–H and O–H groups in total. The normalized spacial score (nSPS) is 18.6. The number of amides is 1. The molecule has 2 heterocycles. The fourth-order valence-electron chi connectivity index (χ4n) is 3.30. The first-order valence-electron chi connectivity index (χ1n) is 8.73. The van der Waals surface area contributed by atoms with Gasteiger partial charge < -0.3 is 15.0 Å². The fraction of sp³-hybridized carbons (Fsp3) is 0.400. The minimum absolute atomic E-state index is 0.0537. The van der Waals surface area contributed by atoms with Gasteiger partial charge in [-0.3, -0.25) is 9.78 Å². The Labute approximate surface area is 149 Å². The molecule has 0 aliphatic carbocycles. The summed E-state index contributed by atoms with van der Waals surface area (Å²) in [5.41, 5.74) is 2.24. The Balaban J connectivity index is 1.69. The number of carbonyl (C=O) groups is 1. The first-order chi connectivity index (χ1) is 12.2. The average Bonchev–Trinajstić information content (AvgIpc) is 2.68. The summed E-state index contributed by atoms with van der Waals surface area (Å²) in [6, 6.07) is 12.0. The second-order valence-corrected chi connectivity index (χ2v) is 6.47. The Morgan fingerprint density at radius 3 is 2.84 bits per heavy atom. The van der Waals surface area contributed by atoms with Crippen LogP contribution in [0.2, 0.25) is 0 Å². The lowest BCUT2D eigenvalue weighted by Gasteiger charge is -2.37. The molecule has 25 heavy (non-hydrogen) atoms. The third-order valence-electron chi connectivity index (χ3n) is 4.80.